The average molecular weight is 282 g/mol. The third-order valence-corrected chi connectivity index (χ3v) is 3.93. The molecule has 3 atom stereocenters. The highest BCUT2D eigenvalue weighted by atomic mass is 35.5. The Hall–Kier alpha value is -1.06. The number of nitrogens with one attached hydrogen (secondary N) is 1. The summed E-state index contributed by atoms with van der Waals surface area (Å²) in [6, 6.07) is 7.70. The van der Waals surface area contributed by atoms with E-state index in [1.165, 1.54) is 5.56 Å². The second-order valence-corrected chi connectivity index (χ2v) is 5.58. The molecule has 1 saturated carbocycles. The van der Waals surface area contributed by atoms with E-state index in [4.69, 9.17) is 11.6 Å². The number of halogens is 1. The van der Waals surface area contributed by atoms with Crippen LogP contribution in [-0.4, -0.2) is 23.7 Å². The van der Waals surface area contributed by atoms with Gasteiger partial charge in [0, 0.05) is 17.5 Å². The molecule has 2 rings (SSSR count). The van der Waals surface area contributed by atoms with Crippen LogP contribution in [0.25, 0.3) is 0 Å². The molecule has 3 unspecified atom stereocenters. The summed E-state index contributed by atoms with van der Waals surface area (Å²) in [4.78, 5) is 11.9. The number of aliphatic hydroxyl groups is 1. The molecule has 0 bridgehead atoms. The van der Waals surface area contributed by atoms with Crippen molar-refractivity contribution in [2.75, 3.05) is 6.54 Å². The maximum atomic E-state index is 11.9. The number of benzene rings is 1. The molecule has 3 nitrogen and oxygen atoms in total. The van der Waals surface area contributed by atoms with Crippen LogP contribution in [0.4, 0.5) is 0 Å². The first-order valence-electron chi connectivity index (χ1n) is 6.83. The minimum Gasteiger partial charge on any atom is -0.393 e. The number of carbonyl (C=O) groups excluding carboxylic acids is 1. The van der Waals surface area contributed by atoms with Crippen LogP contribution >= 0.6 is 11.6 Å². The highest BCUT2D eigenvalue weighted by Gasteiger charge is 2.43. The van der Waals surface area contributed by atoms with Crippen LogP contribution in [0.1, 0.15) is 37.7 Å². The van der Waals surface area contributed by atoms with Gasteiger partial charge in [-0.3, -0.25) is 4.79 Å². The summed E-state index contributed by atoms with van der Waals surface area (Å²) in [7, 11) is 0. The Bertz CT molecular complexity index is 432. The largest absolute Gasteiger partial charge is 0.393 e. The van der Waals surface area contributed by atoms with E-state index in [0.29, 0.717) is 18.9 Å². The van der Waals surface area contributed by atoms with Crippen molar-refractivity contribution in [1.29, 1.82) is 0 Å². The predicted molar refractivity (Wildman–Crippen MR) is 76.2 cm³/mol. The molecule has 0 heterocycles. The second kappa shape index (κ2) is 6.40. The van der Waals surface area contributed by atoms with Gasteiger partial charge < -0.3 is 10.4 Å². The van der Waals surface area contributed by atoms with E-state index >= 15 is 0 Å². The molecule has 1 aliphatic rings. The molecule has 0 aliphatic heterocycles. The summed E-state index contributed by atoms with van der Waals surface area (Å²) in [5.41, 5.74) is 1.18. The Morgan fingerprint density at radius 1 is 1.47 bits per heavy atom. The number of amides is 1. The summed E-state index contributed by atoms with van der Waals surface area (Å²) in [6.45, 7) is 2.49. The van der Waals surface area contributed by atoms with Gasteiger partial charge in [0.2, 0.25) is 5.91 Å². The first kappa shape index (κ1) is 14.4. The van der Waals surface area contributed by atoms with E-state index in [9.17, 15) is 9.90 Å². The van der Waals surface area contributed by atoms with Gasteiger partial charge in [-0.1, -0.05) is 30.7 Å². The quantitative estimate of drug-likeness (QED) is 0.842. The van der Waals surface area contributed by atoms with Crippen molar-refractivity contribution in [3.63, 3.8) is 0 Å². The highest BCUT2D eigenvalue weighted by molar-refractivity contribution is 6.30. The molecule has 0 radical (unpaired) electrons. The summed E-state index contributed by atoms with van der Waals surface area (Å²) in [5, 5.41) is 13.0. The molecule has 104 valence electrons. The lowest BCUT2D eigenvalue weighted by Gasteiger charge is -2.08. The Balaban J connectivity index is 1.76. The number of carbonyl (C=O) groups is 1. The maximum absolute atomic E-state index is 11.9. The predicted octanol–water partition coefficient (Wildman–Crippen LogP) is 2.72. The van der Waals surface area contributed by atoms with Gasteiger partial charge in [-0.2, -0.15) is 0 Å². The number of rotatable bonds is 6. The van der Waals surface area contributed by atoms with Crippen molar-refractivity contribution in [2.24, 2.45) is 5.92 Å². The molecule has 1 aromatic carbocycles. The molecule has 1 amide bonds. The molecule has 19 heavy (non-hydrogen) atoms. The van der Waals surface area contributed by atoms with Crippen LogP contribution in [0.15, 0.2) is 24.3 Å². The third-order valence-electron chi connectivity index (χ3n) is 3.67. The molecule has 1 fully saturated rings. The smallest absolute Gasteiger partial charge is 0.223 e. The van der Waals surface area contributed by atoms with Crippen molar-refractivity contribution < 1.29 is 9.90 Å². The monoisotopic (exact) mass is 281 g/mol. The lowest BCUT2D eigenvalue weighted by Crippen LogP contribution is -2.28. The fraction of sp³-hybridized carbons (Fsp3) is 0.533. The zero-order valence-electron chi connectivity index (χ0n) is 11.1. The zero-order chi connectivity index (χ0) is 13.8. The SMILES string of the molecule is CCC(O)CCNC(=O)C1CC1c1ccc(Cl)cc1. The number of hydrogen-bond donors (Lipinski definition) is 2. The minimum atomic E-state index is -0.313. The lowest BCUT2D eigenvalue weighted by molar-refractivity contribution is -0.122. The van der Waals surface area contributed by atoms with Crippen LogP contribution in [0.3, 0.4) is 0 Å². The van der Waals surface area contributed by atoms with Crippen LogP contribution in [0, 0.1) is 5.92 Å². The van der Waals surface area contributed by atoms with Crippen LogP contribution in [0.5, 0.6) is 0 Å². The van der Waals surface area contributed by atoms with Gasteiger partial charge in [-0.25, -0.2) is 0 Å². The van der Waals surface area contributed by atoms with Crippen LogP contribution < -0.4 is 5.32 Å². The number of hydrogen-bond acceptors (Lipinski definition) is 2. The van der Waals surface area contributed by atoms with E-state index in [1.54, 1.807) is 0 Å². The van der Waals surface area contributed by atoms with E-state index in [1.807, 2.05) is 31.2 Å². The Morgan fingerprint density at radius 3 is 2.79 bits per heavy atom. The van der Waals surface area contributed by atoms with Gasteiger partial charge in [0.05, 0.1) is 6.10 Å². The van der Waals surface area contributed by atoms with E-state index in [0.717, 1.165) is 17.9 Å². The van der Waals surface area contributed by atoms with Crippen molar-refractivity contribution in [3.8, 4) is 0 Å². The van der Waals surface area contributed by atoms with Gasteiger partial charge >= 0.3 is 0 Å². The molecule has 4 heteroatoms. The molecule has 1 aromatic rings. The summed E-state index contributed by atoms with van der Waals surface area (Å²) in [5.74, 6) is 0.511. The van der Waals surface area contributed by atoms with Crippen molar-refractivity contribution in [1.82, 2.24) is 5.32 Å². The van der Waals surface area contributed by atoms with Crippen LogP contribution in [-0.2, 0) is 4.79 Å². The van der Waals surface area contributed by atoms with Gasteiger partial charge in [0.25, 0.3) is 0 Å². The molecular formula is C15H20ClNO2. The fourth-order valence-corrected chi connectivity index (χ4v) is 2.39. The van der Waals surface area contributed by atoms with Crippen molar-refractivity contribution >= 4 is 17.5 Å². The lowest BCUT2D eigenvalue weighted by atomic mass is 10.1. The molecule has 0 aromatic heterocycles. The minimum absolute atomic E-state index is 0.0833. The summed E-state index contributed by atoms with van der Waals surface area (Å²) < 4.78 is 0. The first-order valence-corrected chi connectivity index (χ1v) is 7.20. The normalized spacial score (nSPS) is 22.9. The average Bonchev–Trinajstić information content (AvgIpc) is 3.19. The molecule has 1 aliphatic carbocycles. The Kier molecular flexibility index (Phi) is 4.83. The second-order valence-electron chi connectivity index (χ2n) is 5.14. The van der Waals surface area contributed by atoms with E-state index < -0.39 is 0 Å². The van der Waals surface area contributed by atoms with Gasteiger partial charge in [0.15, 0.2) is 0 Å². The van der Waals surface area contributed by atoms with E-state index in [-0.39, 0.29) is 17.9 Å². The summed E-state index contributed by atoms with van der Waals surface area (Å²) >= 11 is 5.84. The molecule has 0 spiro atoms. The topological polar surface area (TPSA) is 49.3 Å². The Labute approximate surface area is 119 Å². The highest BCUT2D eigenvalue weighted by Crippen LogP contribution is 2.47. The van der Waals surface area contributed by atoms with E-state index in [2.05, 4.69) is 5.32 Å². The standard InChI is InChI=1S/C15H20ClNO2/c1-2-12(18)7-8-17-15(19)14-9-13(14)10-3-5-11(16)6-4-10/h3-6,12-14,18H,2,7-9H2,1H3,(H,17,19). The van der Waals surface area contributed by atoms with Crippen LogP contribution in [0.2, 0.25) is 5.02 Å². The van der Waals surface area contributed by atoms with Crippen molar-refractivity contribution in [3.05, 3.63) is 34.9 Å². The molecule has 2 N–H and O–H groups in total. The first-order chi connectivity index (χ1) is 9.11. The Morgan fingerprint density at radius 2 is 2.16 bits per heavy atom. The van der Waals surface area contributed by atoms with Gasteiger partial charge in [-0.05, 0) is 42.9 Å². The zero-order valence-corrected chi connectivity index (χ0v) is 11.9. The third kappa shape index (κ3) is 3.95. The fourth-order valence-electron chi connectivity index (χ4n) is 2.26. The summed E-state index contributed by atoms with van der Waals surface area (Å²) in [6.07, 6.45) is 1.95. The van der Waals surface area contributed by atoms with Crippen molar-refractivity contribution in [2.45, 2.75) is 38.2 Å². The molecular weight excluding hydrogens is 262 g/mol. The van der Waals surface area contributed by atoms with Gasteiger partial charge in [0.1, 0.15) is 0 Å². The molecule has 0 saturated heterocycles. The maximum Gasteiger partial charge on any atom is 0.223 e. The van der Waals surface area contributed by atoms with Gasteiger partial charge in [-0.15, -0.1) is 0 Å². The number of aliphatic hydroxyl groups excluding tert-OH is 1.